The first-order chi connectivity index (χ1) is 8.58. The van der Waals surface area contributed by atoms with Crippen molar-refractivity contribution in [3.8, 4) is 11.5 Å². The highest BCUT2D eigenvalue weighted by Gasteiger charge is 2.19. The van der Waals surface area contributed by atoms with Crippen LogP contribution in [0.2, 0.25) is 0 Å². The number of hydrogen-bond acceptors (Lipinski definition) is 4. The van der Waals surface area contributed by atoms with Crippen molar-refractivity contribution < 1.29 is 19.1 Å². The van der Waals surface area contributed by atoms with Crippen molar-refractivity contribution in [2.24, 2.45) is 5.92 Å². The fraction of sp³-hybridized carbons (Fsp3) is 0.429. The molecule has 1 aromatic carbocycles. The van der Waals surface area contributed by atoms with Crippen molar-refractivity contribution in [1.29, 1.82) is 0 Å². The Morgan fingerprint density at radius 1 is 1.17 bits per heavy atom. The molecular formula is C14H16O4. The Morgan fingerprint density at radius 3 is 2.50 bits per heavy atom. The molecule has 0 fully saturated rings. The molecule has 0 saturated heterocycles. The van der Waals surface area contributed by atoms with Gasteiger partial charge < -0.3 is 9.47 Å². The Kier molecular flexibility index (Phi) is 3.65. The molecule has 96 valence electrons. The van der Waals surface area contributed by atoms with Crippen molar-refractivity contribution in [3.63, 3.8) is 0 Å². The Bertz CT molecular complexity index is 477. The van der Waals surface area contributed by atoms with E-state index in [1.54, 1.807) is 32.0 Å². The van der Waals surface area contributed by atoms with E-state index in [-0.39, 0.29) is 23.9 Å². The van der Waals surface area contributed by atoms with Gasteiger partial charge in [0.15, 0.2) is 11.5 Å². The lowest BCUT2D eigenvalue weighted by molar-refractivity contribution is -0.138. The van der Waals surface area contributed by atoms with Gasteiger partial charge in [0.2, 0.25) is 11.6 Å². The first kappa shape index (κ1) is 12.6. The summed E-state index contributed by atoms with van der Waals surface area (Å²) >= 11 is 0. The van der Waals surface area contributed by atoms with Gasteiger partial charge in [-0.05, 0) is 17.7 Å². The van der Waals surface area contributed by atoms with Gasteiger partial charge in [0.1, 0.15) is 13.2 Å². The summed E-state index contributed by atoms with van der Waals surface area (Å²) in [5, 5.41) is 0. The second-order valence-electron chi connectivity index (χ2n) is 4.60. The third-order valence-electron chi connectivity index (χ3n) is 2.77. The number of carbonyl (C=O) groups excluding carboxylic acids is 2. The molecular weight excluding hydrogens is 232 g/mol. The molecule has 0 N–H and O–H groups in total. The van der Waals surface area contributed by atoms with Gasteiger partial charge in [0.25, 0.3) is 0 Å². The van der Waals surface area contributed by atoms with Crippen LogP contribution < -0.4 is 9.47 Å². The molecule has 0 bridgehead atoms. The lowest BCUT2D eigenvalue weighted by atomic mass is 9.99. The number of fused-ring (bicyclic) bond motifs is 1. The van der Waals surface area contributed by atoms with Gasteiger partial charge in [-0.15, -0.1) is 0 Å². The monoisotopic (exact) mass is 248 g/mol. The summed E-state index contributed by atoms with van der Waals surface area (Å²) in [6.07, 6.45) is 0.119. The van der Waals surface area contributed by atoms with E-state index in [0.717, 1.165) is 5.56 Å². The Hall–Kier alpha value is -1.84. The molecule has 2 rings (SSSR count). The van der Waals surface area contributed by atoms with Gasteiger partial charge in [0.05, 0.1) is 0 Å². The van der Waals surface area contributed by atoms with E-state index < -0.39 is 0 Å². The first-order valence-electron chi connectivity index (χ1n) is 6.03. The maximum atomic E-state index is 11.7. The highest BCUT2D eigenvalue weighted by atomic mass is 16.6. The highest BCUT2D eigenvalue weighted by Crippen LogP contribution is 2.30. The second-order valence-corrected chi connectivity index (χ2v) is 4.60. The molecule has 0 spiro atoms. The van der Waals surface area contributed by atoms with Gasteiger partial charge in [-0.2, -0.15) is 0 Å². The van der Waals surface area contributed by atoms with Crippen LogP contribution in [0.5, 0.6) is 11.5 Å². The fourth-order valence-corrected chi connectivity index (χ4v) is 1.79. The molecule has 18 heavy (non-hydrogen) atoms. The van der Waals surface area contributed by atoms with Crippen LogP contribution in [0.3, 0.4) is 0 Å². The maximum absolute atomic E-state index is 11.7. The van der Waals surface area contributed by atoms with Gasteiger partial charge in [0, 0.05) is 12.3 Å². The topological polar surface area (TPSA) is 52.6 Å². The molecule has 0 amide bonds. The van der Waals surface area contributed by atoms with Crippen molar-refractivity contribution in [2.75, 3.05) is 13.2 Å². The molecule has 1 aromatic rings. The molecule has 0 radical (unpaired) electrons. The van der Waals surface area contributed by atoms with Crippen LogP contribution in [-0.2, 0) is 16.0 Å². The summed E-state index contributed by atoms with van der Waals surface area (Å²) in [7, 11) is 0. The van der Waals surface area contributed by atoms with Crippen LogP contribution in [0.25, 0.3) is 0 Å². The molecule has 4 heteroatoms. The Morgan fingerprint density at radius 2 is 1.83 bits per heavy atom. The van der Waals surface area contributed by atoms with E-state index in [1.165, 1.54) is 0 Å². The first-order valence-corrected chi connectivity index (χ1v) is 6.03. The number of hydrogen-bond donors (Lipinski definition) is 0. The maximum Gasteiger partial charge on any atom is 0.203 e. The lowest BCUT2D eigenvalue weighted by Gasteiger charge is -2.18. The summed E-state index contributed by atoms with van der Waals surface area (Å²) in [5.41, 5.74) is 0.776. The SMILES string of the molecule is CC(C)C(=O)C(=O)Cc1ccc2c(c1)OCCO2. The van der Waals surface area contributed by atoms with Gasteiger partial charge >= 0.3 is 0 Å². The molecule has 1 heterocycles. The number of benzene rings is 1. The quantitative estimate of drug-likeness (QED) is 0.762. The number of Topliss-reactive ketones (excluding diaryl/α,β-unsaturated/α-hetero) is 2. The zero-order valence-electron chi connectivity index (χ0n) is 10.6. The molecule has 0 aromatic heterocycles. The molecule has 0 unspecified atom stereocenters. The van der Waals surface area contributed by atoms with Crippen LogP contribution in [-0.4, -0.2) is 24.8 Å². The second kappa shape index (κ2) is 5.21. The zero-order chi connectivity index (χ0) is 13.1. The van der Waals surface area contributed by atoms with E-state index >= 15 is 0 Å². The van der Waals surface area contributed by atoms with Crippen LogP contribution in [0, 0.1) is 5.92 Å². The minimum atomic E-state index is -0.360. The van der Waals surface area contributed by atoms with E-state index in [9.17, 15) is 9.59 Å². The molecule has 1 aliphatic rings. The van der Waals surface area contributed by atoms with Gasteiger partial charge in [-0.25, -0.2) is 0 Å². The van der Waals surface area contributed by atoms with Crippen LogP contribution in [0.4, 0.5) is 0 Å². The third kappa shape index (κ3) is 2.70. The van der Waals surface area contributed by atoms with Gasteiger partial charge in [-0.3, -0.25) is 9.59 Å². The van der Waals surface area contributed by atoms with Crippen molar-refractivity contribution in [3.05, 3.63) is 23.8 Å². The summed E-state index contributed by atoms with van der Waals surface area (Å²) in [4.78, 5) is 23.2. The van der Waals surface area contributed by atoms with Crippen LogP contribution in [0.15, 0.2) is 18.2 Å². The molecule has 1 aliphatic heterocycles. The smallest absolute Gasteiger partial charge is 0.203 e. The Balaban J connectivity index is 2.10. The predicted octanol–water partition coefficient (Wildman–Crippen LogP) is 1.79. The normalized spacial score (nSPS) is 13.5. The van der Waals surface area contributed by atoms with Gasteiger partial charge in [-0.1, -0.05) is 19.9 Å². The zero-order valence-corrected chi connectivity index (χ0v) is 10.6. The van der Waals surface area contributed by atoms with E-state index in [0.29, 0.717) is 24.7 Å². The number of rotatable bonds is 4. The average Bonchev–Trinajstić information content (AvgIpc) is 2.37. The lowest BCUT2D eigenvalue weighted by Crippen LogP contribution is -2.21. The molecule has 0 atom stereocenters. The van der Waals surface area contributed by atoms with E-state index in [2.05, 4.69) is 0 Å². The third-order valence-corrected chi connectivity index (χ3v) is 2.77. The van der Waals surface area contributed by atoms with Crippen molar-refractivity contribution >= 4 is 11.6 Å². The van der Waals surface area contributed by atoms with Crippen molar-refractivity contribution in [2.45, 2.75) is 20.3 Å². The standard InChI is InChI=1S/C14H16O4/c1-9(2)14(16)11(15)7-10-3-4-12-13(8-10)18-6-5-17-12/h3-4,8-9H,5-7H2,1-2H3. The fourth-order valence-electron chi connectivity index (χ4n) is 1.79. The largest absolute Gasteiger partial charge is 0.486 e. The van der Waals surface area contributed by atoms with Crippen molar-refractivity contribution in [1.82, 2.24) is 0 Å². The predicted molar refractivity (Wildman–Crippen MR) is 66.0 cm³/mol. The average molecular weight is 248 g/mol. The summed E-state index contributed by atoms with van der Waals surface area (Å²) in [6, 6.07) is 5.33. The molecule has 0 aliphatic carbocycles. The molecule has 4 nitrogen and oxygen atoms in total. The van der Waals surface area contributed by atoms with Crippen LogP contribution >= 0.6 is 0 Å². The number of carbonyl (C=O) groups is 2. The highest BCUT2D eigenvalue weighted by molar-refractivity contribution is 6.38. The summed E-state index contributed by atoms with van der Waals surface area (Å²) in [6.45, 7) is 4.50. The summed E-state index contributed by atoms with van der Waals surface area (Å²) in [5.74, 6) is 0.387. The summed E-state index contributed by atoms with van der Waals surface area (Å²) < 4.78 is 10.8. The van der Waals surface area contributed by atoms with Crippen LogP contribution in [0.1, 0.15) is 19.4 Å². The number of ether oxygens (including phenoxy) is 2. The molecule has 0 saturated carbocycles. The van der Waals surface area contributed by atoms with E-state index in [1.807, 2.05) is 0 Å². The Labute approximate surface area is 106 Å². The minimum Gasteiger partial charge on any atom is -0.486 e. The number of ketones is 2. The van der Waals surface area contributed by atoms with E-state index in [4.69, 9.17) is 9.47 Å². The minimum absolute atomic E-state index is 0.119.